The van der Waals surface area contributed by atoms with Crippen molar-refractivity contribution >= 4 is 17.2 Å². The summed E-state index contributed by atoms with van der Waals surface area (Å²) in [5.74, 6) is 0.217. The molecule has 26 heavy (non-hydrogen) atoms. The first-order valence-electron chi connectivity index (χ1n) is 8.37. The molecule has 0 aliphatic rings. The molecule has 3 rings (SSSR count). The van der Waals surface area contributed by atoms with Gasteiger partial charge in [0.25, 0.3) is 5.91 Å². The molecule has 1 heterocycles. The lowest BCUT2D eigenvalue weighted by Gasteiger charge is -2.07. The zero-order valence-corrected chi connectivity index (χ0v) is 15.2. The van der Waals surface area contributed by atoms with E-state index in [1.165, 1.54) is 17.4 Å². The third-order valence-electron chi connectivity index (χ3n) is 3.73. The van der Waals surface area contributed by atoms with Gasteiger partial charge in [-0.3, -0.25) is 4.79 Å². The third kappa shape index (κ3) is 4.46. The van der Waals surface area contributed by atoms with Crippen LogP contribution in [0.15, 0.2) is 53.9 Å². The molecule has 0 unspecified atom stereocenters. The summed E-state index contributed by atoms with van der Waals surface area (Å²) in [5, 5.41) is 5.34. The van der Waals surface area contributed by atoms with Crippen molar-refractivity contribution in [2.75, 3.05) is 6.54 Å². The Morgan fingerprint density at radius 2 is 1.96 bits per heavy atom. The van der Waals surface area contributed by atoms with E-state index in [-0.39, 0.29) is 18.3 Å². The Kier molecular flexibility index (Phi) is 5.96. The van der Waals surface area contributed by atoms with Gasteiger partial charge in [0.05, 0.1) is 0 Å². The maximum Gasteiger partial charge on any atom is 0.270 e. The number of benzene rings is 2. The number of carbonyl (C=O) groups is 1. The van der Waals surface area contributed by atoms with E-state index in [4.69, 9.17) is 4.74 Å². The Balaban J connectivity index is 1.63. The highest BCUT2D eigenvalue weighted by molar-refractivity contribution is 7.13. The maximum atomic E-state index is 13.6. The number of thiazole rings is 1. The fraction of sp³-hybridized carbons (Fsp3) is 0.200. The van der Waals surface area contributed by atoms with Crippen molar-refractivity contribution in [3.8, 4) is 16.3 Å². The highest BCUT2D eigenvalue weighted by Gasteiger charge is 2.11. The van der Waals surface area contributed by atoms with Gasteiger partial charge >= 0.3 is 0 Å². The van der Waals surface area contributed by atoms with Gasteiger partial charge in [-0.25, -0.2) is 9.37 Å². The normalized spacial score (nSPS) is 10.5. The van der Waals surface area contributed by atoms with E-state index in [0.717, 1.165) is 17.0 Å². The number of carbonyl (C=O) groups excluding carboxylic acids is 1. The smallest absolute Gasteiger partial charge is 0.270 e. The summed E-state index contributed by atoms with van der Waals surface area (Å²) in [5.41, 5.74) is 1.85. The summed E-state index contributed by atoms with van der Waals surface area (Å²) in [7, 11) is 0. The van der Waals surface area contributed by atoms with Crippen LogP contribution in [0.3, 0.4) is 0 Å². The first kappa shape index (κ1) is 18.1. The van der Waals surface area contributed by atoms with E-state index in [1.54, 1.807) is 23.6 Å². The summed E-state index contributed by atoms with van der Waals surface area (Å²) in [6.07, 6.45) is 0.886. The van der Waals surface area contributed by atoms with Crippen LogP contribution in [0.25, 0.3) is 10.6 Å². The molecule has 0 radical (unpaired) electrons. The first-order valence-corrected chi connectivity index (χ1v) is 9.25. The van der Waals surface area contributed by atoms with Crippen LogP contribution >= 0.6 is 11.3 Å². The van der Waals surface area contributed by atoms with E-state index in [2.05, 4.69) is 10.3 Å². The van der Waals surface area contributed by atoms with Gasteiger partial charge in [0.2, 0.25) is 0 Å². The summed E-state index contributed by atoms with van der Waals surface area (Å²) in [6, 6.07) is 13.9. The molecule has 0 saturated heterocycles. The van der Waals surface area contributed by atoms with Crippen molar-refractivity contribution in [1.29, 1.82) is 0 Å². The summed E-state index contributed by atoms with van der Waals surface area (Å²) >= 11 is 1.42. The van der Waals surface area contributed by atoms with E-state index in [9.17, 15) is 9.18 Å². The lowest BCUT2D eigenvalue weighted by atomic mass is 10.2. The molecule has 0 fully saturated rings. The van der Waals surface area contributed by atoms with Gasteiger partial charge in [0.15, 0.2) is 0 Å². The van der Waals surface area contributed by atoms with Gasteiger partial charge in [0.1, 0.15) is 28.9 Å². The molecule has 0 atom stereocenters. The molecular weight excluding hydrogens is 351 g/mol. The SMILES string of the molecule is CCCNC(=O)c1csc(-c2ccc(OCc3ccccc3F)cc2)n1. The molecule has 1 amide bonds. The third-order valence-corrected chi connectivity index (χ3v) is 4.62. The zero-order valence-electron chi connectivity index (χ0n) is 14.4. The molecule has 0 bridgehead atoms. The Bertz CT molecular complexity index is 878. The fourth-order valence-electron chi connectivity index (χ4n) is 2.31. The second kappa shape index (κ2) is 8.58. The number of nitrogens with one attached hydrogen (secondary N) is 1. The van der Waals surface area contributed by atoms with Gasteiger partial charge in [-0.2, -0.15) is 0 Å². The van der Waals surface area contributed by atoms with E-state index in [1.807, 2.05) is 31.2 Å². The monoisotopic (exact) mass is 370 g/mol. The van der Waals surface area contributed by atoms with Crippen LogP contribution in [0, 0.1) is 5.82 Å². The number of hydrogen-bond donors (Lipinski definition) is 1. The van der Waals surface area contributed by atoms with Crippen molar-refractivity contribution in [2.45, 2.75) is 20.0 Å². The topological polar surface area (TPSA) is 51.2 Å². The number of halogens is 1. The molecule has 2 aromatic carbocycles. The highest BCUT2D eigenvalue weighted by atomic mass is 32.1. The van der Waals surface area contributed by atoms with Crippen LogP contribution < -0.4 is 10.1 Å². The van der Waals surface area contributed by atoms with Gasteiger partial charge in [0, 0.05) is 23.1 Å². The largest absolute Gasteiger partial charge is 0.489 e. The second-order valence-corrected chi connectivity index (χ2v) is 6.56. The van der Waals surface area contributed by atoms with Crippen molar-refractivity contribution < 1.29 is 13.9 Å². The van der Waals surface area contributed by atoms with E-state index < -0.39 is 0 Å². The Hall–Kier alpha value is -2.73. The number of amides is 1. The Morgan fingerprint density at radius 1 is 1.19 bits per heavy atom. The van der Waals surface area contributed by atoms with Crippen LogP contribution in [0.2, 0.25) is 0 Å². The number of aromatic nitrogens is 1. The van der Waals surface area contributed by atoms with Crippen molar-refractivity contribution in [3.63, 3.8) is 0 Å². The van der Waals surface area contributed by atoms with Crippen LogP contribution in [-0.4, -0.2) is 17.4 Å². The fourth-order valence-corrected chi connectivity index (χ4v) is 3.12. The summed E-state index contributed by atoms with van der Waals surface area (Å²) in [6.45, 7) is 2.81. The van der Waals surface area contributed by atoms with E-state index >= 15 is 0 Å². The predicted octanol–water partition coefficient (Wildman–Crippen LogP) is 4.67. The van der Waals surface area contributed by atoms with Crippen LogP contribution in [0.4, 0.5) is 4.39 Å². The quantitative estimate of drug-likeness (QED) is 0.658. The Morgan fingerprint density at radius 3 is 2.69 bits per heavy atom. The standard InChI is InChI=1S/C20H19FN2O2S/c1-2-11-22-19(24)18-13-26-20(23-18)14-7-9-16(10-8-14)25-12-15-5-3-4-6-17(15)21/h3-10,13H,2,11-12H2,1H3,(H,22,24). The predicted molar refractivity (Wildman–Crippen MR) is 101 cm³/mol. The lowest BCUT2D eigenvalue weighted by molar-refractivity contribution is 0.0949. The lowest BCUT2D eigenvalue weighted by Crippen LogP contribution is -2.24. The van der Waals surface area contributed by atoms with Crippen LogP contribution in [0.5, 0.6) is 5.75 Å². The van der Waals surface area contributed by atoms with Gasteiger partial charge in [-0.1, -0.05) is 25.1 Å². The molecule has 4 nitrogen and oxygen atoms in total. The van der Waals surface area contributed by atoms with Gasteiger partial charge < -0.3 is 10.1 Å². The van der Waals surface area contributed by atoms with Gasteiger partial charge in [-0.05, 0) is 36.8 Å². The number of nitrogens with zero attached hydrogens (tertiary/aromatic N) is 1. The number of rotatable bonds is 7. The van der Waals surface area contributed by atoms with Crippen molar-refractivity contribution in [2.24, 2.45) is 0 Å². The molecule has 0 spiro atoms. The Labute approximate surface area is 155 Å². The number of hydrogen-bond acceptors (Lipinski definition) is 4. The molecule has 1 aromatic heterocycles. The van der Waals surface area contributed by atoms with E-state index in [0.29, 0.717) is 23.6 Å². The van der Waals surface area contributed by atoms with Crippen molar-refractivity contribution in [1.82, 2.24) is 10.3 Å². The molecule has 0 aliphatic heterocycles. The maximum absolute atomic E-state index is 13.6. The van der Waals surface area contributed by atoms with Crippen molar-refractivity contribution in [3.05, 3.63) is 71.0 Å². The minimum Gasteiger partial charge on any atom is -0.489 e. The molecular formula is C20H19FN2O2S. The summed E-state index contributed by atoms with van der Waals surface area (Å²) < 4.78 is 19.2. The van der Waals surface area contributed by atoms with Gasteiger partial charge in [-0.15, -0.1) is 11.3 Å². The minimum absolute atomic E-state index is 0.154. The van der Waals surface area contributed by atoms with Crippen LogP contribution in [-0.2, 0) is 6.61 Å². The zero-order chi connectivity index (χ0) is 18.4. The number of ether oxygens (including phenoxy) is 1. The molecule has 134 valence electrons. The molecule has 6 heteroatoms. The average Bonchev–Trinajstić information content (AvgIpc) is 3.16. The minimum atomic E-state index is -0.277. The van der Waals surface area contributed by atoms with Crippen LogP contribution in [0.1, 0.15) is 29.4 Å². The molecule has 0 saturated carbocycles. The first-order chi connectivity index (χ1) is 12.7. The summed E-state index contributed by atoms with van der Waals surface area (Å²) in [4.78, 5) is 16.3. The highest BCUT2D eigenvalue weighted by Crippen LogP contribution is 2.26. The molecule has 1 N–H and O–H groups in total. The average molecular weight is 370 g/mol. The molecule has 0 aliphatic carbocycles. The molecule has 3 aromatic rings. The second-order valence-electron chi connectivity index (χ2n) is 5.70.